The summed E-state index contributed by atoms with van der Waals surface area (Å²) in [6.45, 7) is 6.99. The Balaban J connectivity index is 1.49. The number of thiophene rings is 1. The number of ether oxygens (including phenoxy) is 2. The first kappa shape index (κ1) is 35.4. The lowest BCUT2D eigenvalue weighted by atomic mass is 9.89. The number of allylic oxidation sites excluding steroid dienone is 1. The smallest absolute Gasteiger partial charge is 0.410 e. The van der Waals surface area contributed by atoms with Gasteiger partial charge in [0.2, 0.25) is 0 Å². The molecule has 5 rings (SSSR count). The highest BCUT2D eigenvalue weighted by molar-refractivity contribution is 7.15. The highest BCUT2D eigenvalue weighted by Gasteiger charge is 2.41. The van der Waals surface area contributed by atoms with Crippen LogP contribution in [-0.4, -0.2) is 53.6 Å². The maximum absolute atomic E-state index is 15.6. The predicted molar refractivity (Wildman–Crippen MR) is 185 cm³/mol. The fourth-order valence-corrected chi connectivity index (χ4v) is 7.98. The molecule has 1 unspecified atom stereocenters. The third kappa shape index (κ3) is 7.37. The molecule has 254 valence electrons. The molecule has 48 heavy (non-hydrogen) atoms. The second-order valence-corrected chi connectivity index (χ2v) is 15.0. The van der Waals surface area contributed by atoms with Crippen LogP contribution in [0.1, 0.15) is 91.0 Å². The van der Waals surface area contributed by atoms with E-state index in [1.165, 1.54) is 13.0 Å². The molecule has 11 heteroatoms. The normalized spacial score (nSPS) is 20.6. The standard InChI is InChI=1S/C37H40ClF2N3O4S/c1-36(2,3)47-35(45)42(5)26-12-14-27(15-13-26)43(34(44)32-31(38)30-28(39)17-18-37(4,40)33(30)48-32)21-25-19-24(11-16-29(25)46-6)23-9-7-22(20-41)8-10-23/h7-11,16-17,19,26-27H,12-15,18,21H2,1-6H3. The van der Waals surface area contributed by atoms with Crippen molar-refractivity contribution in [3.63, 3.8) is 0 Å². The lowest BCUT2D eigenvalue weighted by Gasteiger charge is -2.40. The Kier molecular flexibility index (Phi) is 10.2. The first-order valence-corrected chi connectivity index (χ1v) is 17.1. The van der Waals surface area contributed by atoms with Gasteiger partial charge >= 0.3 is 6.09 Å². The lowest BCUT2D eigenvalue weighted by molar-refractivity contribution is 0.0144. The second-order valence-electron chi connectivity index (χ2n) is 13.6. The van der Waals surface area contributed by atoms with Gasteiger partial charge in [-0.3, -0.25) is 4.79 Å². The van der Waals surface area contributed by atoms with E-state index < -0.39 is 29.1 Å². The van der Waals surface area contributed by atoms with Gasteiger partial charge in [0.05, 0.1) is 28.6 Å². The molecule has 2 aliphatic rings. The molecule has 2 amide bonds. The Labute approximate surface area is 289 Å². The summed E-state index contributed by atoms with van der Waals surface area (Å²) in [5.74, 6) is -0.474. The van der Waals surface area contributed by atoms with E-state index in [1.807, 2.05) is 51.1 Å². The van der Waals surface area contributed by atoms with Crippen molar-refractivity contribution in [2.45, 2.75) is 89.7 Å². The number of hydrogen-bond acceptors (Lipinski definition) is 6. The van der Waals surface area contributed by atoms with Gasteiger partial charge in [0.1, 0.15) is 27.7 Å². The van der Waals surface area contributed by atoms with Crippen LogP contribution in [0, 0.1) is 11.3 Å². The Morgan fingerprint density at radius 1 is 1.08 bits per heavy atom. The number of methoxy groups -OCH3 is 1. The first-order chi connectivity index (χ1) is 22.6. The highest BCUT2D eigenvalue weighted by atomic mass is 35.5. The molecule has 1 atom stereocenters. The average Bonchev–Trinajstić information content (AvgIpc) is 3.42. The van der Waals surface area contributed by atoms with E-state index in [0.29, 0.717) is 37.0 Å². The average molecular weight is 696 g/mol. The molecule has 3 aromatic rings. The molecule has 0 N–H and O–H groups in total. The number of benzene rings is 2. The molecule has 2 aromatic carbocycles. The zero-order valence-corrected chi connectivity index (χ0v) is 29.6. The van der Waals surface area contributed by atoms with E-state index >= 15 is 8.78 Å². The third-order valence-electron chi connectivity index (χ3n) is 8.99. The quantitative estimate of drug-likeness (QED) is 0.246. The molecule has 7 nitrogen and oxygen atoms in total. The van der Waals surface area contributed by atoms with Crippen molar-refractivity contribution in [1.29, 1.82) is 5.26 Å². The van der Waals surface area contributed by atoms with Crippen molar-refractivity contribution in [1.82, 2.24) is 9.80 Å². The Hall–Kier alpha value is -3.94. The van der Waals surface area contributed by atoms with Crippen LogP contribution in [0.25, 0.3) is 17.0 Å². The van der Waals surface area contributed by atoms with Crippen molar-refractivity contribution in [2.75, 3.05) is 14.2 Å². The van der Waals surface area contributed by atoms with E-state index in [-0.39, 0.29) is 45.4 Å². The molecule has 0 spiro atoms. The monoisotopic (exact) mass is 695 g/mol. The fraction of sp³-hybridized carbons (Fsp3) is 0.432. The fourth-order valence-electron chi connectivity index (χ4n) is 6.34. The molecule has 0 bridgehead atoms. The van der Waals surface area contributed by atoms with Crippen molar-refractivity contribution in [3.05, 3.63) is 80.0 Å². The molecule has 1 heterocycles. The number of hydrogen-bond donors (Lipinski definition) is 0. The molecule has 0 radical (unpaired) electrons. The number of carbonyl (C=O) groups excluding carboxylic acids is 2. The zero-order valence-electron chi connectivity index (χ0n) is 28.0. The Morgan fingerprint density at radius 2 is 1.71 bits per heavy atom. The summed E-state index contributed by atoms with van der Waals surface area (Å²) in [4.78, 5) is 30.9. The SMILES string of the molecule is COc1ccc(-c2ccc(C#N)cc2)cc1CN(C(=O)c1sc2c(c1Cl)C(F)=CCC2(C)F)C1CCC(N(C)C(=O)OC(C)(C)C)CC1. The Morgan fingerprint density at radius 3 is 2.29 bits per heavy atom. The van der Waals surface area contributed by atoms with E-state index in [9.17, 15) is 14.9 Å². The third-order valence-corrected chi connectivity index (χ3v) is 10.9. The number of halogens is 3. The summed E-state index contributed by atoms with van der Waals surface area (Å²) in [5, 5.41) is 9.15. The van der Waals surface area contributed by atoms with Crippen molar-refractivity contribution in [3.8, 4) is 22.9 Å². The van der Waals surface area contributed by atoms with Crippen LogP contribution < -0.4 is 4.74 Å². The van der Waals surface area contributed by atoms with Gasteiger partial charge in [-0.15, -0.1) is 11.3 Å². The lowest BCUT2D eigenvalue weighted by Crippen LogP contribution is -2.47. The number of nitrogens with zero attached hydrogens (tertiary/aromatic N) is 3. The summed E-state index contributed by atoms with van der Waals surface area (Å²) in [6, 6.07) is 14.7. The molecular weight excluding hydrogens is 656 g/mol. The minimum Gasteiger partial charge on any atom is -0.496 e. The first-order valence-electron chi connectivity index (χ1n) is 16.0. The van der Waals surface area contributed by atoms with Gasteiger partial charge in [-0.2, -0.15) is 5.26 Å². The van der Waals surface area contributed by atoms with Gasteiger partial charge in [-0.05, 0) is 94.8 Å². The van der Waals surface area contributed by atoms with Crippen molar-refractivity contribution < 1.29 is 27.8 Å². The van der Waals surface area contributed by atoms with Gasteiger partial charge in [-0.25, -0.2) is 13.6 Å². The maximum atomic E-state index is 15.6. The van der Waals surface area contributed by atoms with E-state index in [0.717, 1.165) is 28.0 Å². The molecule has 1 saturated carbocycles. The zero-order chi connectivity index (χ0) is 35.0. The maximum Gasteiger partial charge on any atom is 0.410 e. The van der Waals surface area contributed by atoms with E-state index in [4.69, 9.17) is 21.1 Å². The van der Waals surface area contributed by atoms with Gasteiger partial charge in [-0.1, -0.05) is 29.8 Å². The summed E-state index contributed by atoms with van der Waals surface area (Å²) in [7, 11) is 3.29. The summed E-state index contributed by atoms with van der Waals surface area (Å²) in [6.07, 6.45) is 3.05. The second kappa shape index (κ2) is 13.9. The molecule has 2 aliphatic carbocycles. The number of rotatable bonds is 7. The Bertz CT molecular complexity index is 1770. The van der Waals surface area contributed by atoms with Gasteiger partial charge < -0.3 is 19.3 Å². The minimum atomic E-state index is -1.86. The highest BCUT2D eigenvalue weighted by Crippen LogP contribution is 2.50. The topological polar surface area (TPSA) is 82.9 Å². The van der Waals surface area contributed by atoms with Gasteiger partial charge in [0, 0.05) is 43.2 Å². The van der Waals surface area contributed by atoms with E-state index in [2.05, 4.69) is 6.07 Å². The minimum absolute atomic E-state index is 0.0516. The van der Waals surface area contributed by atoms with Crippen molar-refractivity contribution >= 4 is 40.8 Å². The number of fused-ring (bicyclic) bond motifs is 1. The van der Waals surface area contributed by atoms with Crippen LogP contribution in [-0.2, 0) is 17.0 Å². The van der Waals surface area contributed by atoms with Crippen LogP contribution in [0.3, 0.4) is 0 Å². The van der Waals surface area contributed by atoms with Crippen LogP contribution in [0.15, 0.2) is 48.5 Å². The molecule has 0 saturated heterocycles. The molecular formula is C37H40ClF2N3O4S. The van der Waals surface area contributed by atoms with Gasteiger partial charge in [0.25, 0.3) is 5.91 Å². The summed E-state index contributed by atoms with van der Waals surface area (Å²) < 4.78 is 41.9. The number of carbonyl (C=O) groups is 2. The summed E-state index contributed by atoms with van der Waals surface area (Å²) >= 11 is 7.60. The van der Waals surface area contributed by atoms with Crippen LogP contribution in [0.2, 0.25) is 5.02 Å². The van der Waals surface area contributed by atoms with E-state index in [1.54, 1.807) is 36.1 Å². The number of amides is 2. The molecule has 1 aromatic heterocycles. The number of alkyl halides is 1. The van der Waals surface area contributed by atoms with Crippen LogP contribution in [0.4, 0.5) is 13.6 Å². The van der Waals surface area contributed by atoms with Crippen LogP contribution in [0.5, 0.6) is 5.75 Å². The molecule has 0 aliphatic heterocycles. The largest absolute Gasteiger partial charge is 0.496 e. The molecule has 1 fully saturated rings. The summed E-state index contributed by atoms with van der Waals surface area (Å²) in [5.41, 5.74) is 0.508. The predicted octanol–water partition coefficient (Wildman–Crippen LogP) is 9.67. The van der Waals surface area contributed by atoms with Gasteiger partial charge in [0.15, 0.2) is 0 Å². The van der Waals surface area contributed by atoms with Crippen LogP contribution >= 0.6 is 22.9 Å². The van der Waals surface area contributed by atoms with Crippen molar-refractivity contribution in [2.24, 2.45) is 0 Å². The number of nitriles is 1.